The fraction of sp³-hybridized carbons (Fsp3) is 0.615. The van der Waals surface area contributed by atoms with E-state index in [4.69, 9.17) is 0 Å². The minimum Gasteiger partial charge on any atom is -0.369 e. The van der Waals surface area contributed by atoms with Crippen LogP contribution in [0.15, 0.2) is 12.3 Å². The lowest BCUT2D eigenvalue weighted by Gasteiger charge is -2.12. The molecule has 1 rings (SSSR count). The van der Waals surface area contributed by atoms with Crippen molar-refractivity contribution in [1.29, 1.82) is 0 Å². The molecule has 0 saturated heterocycles. The Hall–Kier alpha value is -1.85. The third kappa shape index (κ3) is 6.03. The zero-order valence-corrected chi connectivity index (χ0v) is 12.1. The number of amides is 1. The van der Waals surface area contributed by atoms with Crippen molar-refractivity contribution in [2.24, 2.45) is 5.92 Å². The van der Waals surface area contributed by atoms with Gasteiger partial charge in [0.25, 0.3) is 0 Å². The molecule has 1 aromatic rings. The van der Waals surface area contributed by atoms with Gasteiger partial charge in [-0.05, 0) is 12.0 Å². The van der Waals surface area contributed by atoms with Crippen molar-refractivity contribution in [2.45, 2.75) is 20.3 Å². The number of aromatic nitrogens is 2. The lowest BCUT2D eigenvalue weighted by Crippen LogP contribution is -2.28. The van der Waals surface area contributed by atoms with Crippen LogP contribution in [-0.4, -0.2) is 43.1 Å². The highest BCUT2D eigenvalue weighted by atomic mass is 16.1. The Morgan fingerprint density at radius 1 is 1.42 bits per heavy atom. The summed E-state index contributed by atoms with van der Waals surface area (Å²) >= 11 is 0. The van der Waals surface area contributed by atoms with Crippen LogP contribution in [0, 0.1) is 5.92 Å². The molecule has 0 aliphatic heterocycles. The highest BCUT2D eigenvalue weighted by Gasteiger charge is 2.03. The average molecular weight is 265 g/mol. The number of carbonyl (C=O) groups is 1. The van der Waals surface area contributed by atoms with Gasteiger partial charge in [-0.25, -0.2) is 4.98 Å². The number of anilines is 2. The Morgan fingerprint density at radius 3 is 2.79 bits per heavy atom. The molecule has 0 unspecified atom stereocenters. The normalized spacial score (nSPS) is 10.4. The SMILES string of the molecule is CC(C)CNC(=O)CCNc1ccnc(N(C)C)n1. The van der Waals surface area contributed by atoms with Gasteiger partial charge in [0.1, 0.15) is 5.82 Å². The fourth-order valence-electron chi connectivity index (χ4n) is 1.37. The number of rotatable bonds is 7. The van der Waals surface area contributed by atoms with Crippen LogP contribution in [0.25, 0.3) is 0 Å². The summed E-state index contributed by atoms with van der Waals surface area (Å²) in [6, 6.07) is 1.79. The van der Waals surface area contributed by atoms with Crippen LogP contribution in [-0.2, 0) is 4.79 Å². The molecule has 0 radical (unpaired) electrons. The largest absolute Gasteiger partial charge is 0.369 e. The molecule has 106 valence electrons. The van der Waals surface area contributed by atoms with E-state index in [0.29, 0.717) is 24.8 Å². The van der Waals surface area contributed by atoms with E-state index >= 15 is 0 Å². The lowest BCUT2D eigenvalue weighted by molar-refractivity contribution is -0.120. The van der Waals surface area contributed by atoms with E-state index < -0.39 is 0 Å². The summed E-state index contributed by atoms with van der Waals surface area (Å²) in [6.07, 6.45) is 2.14. The molecule has 0 fully saturated rings. The Balaban J connectivity index is 2.33. The lowest BCUT2D eigenvalue weighted by atomic mass is 10.2. The van der Waals surface area contributed by atoms with Crippen LogP contribution < -0.4 is 15.5 Å². The molecule has 1 heterocycles. The molecular formula is C13H23N5O. The number of hydrogen-bond acceptors (Lipinski definition) is 5. The third-order valence-electron chi connectivity index (χ3n) is 2.41. The number of nitrogens with zero attached hydrogens (tertiary/aromatic N) is 3. The maximum Gasteiger partial charge on any atom is 0.226 e. The molecule has 0 aliphatic rings. The van der Waals surface area contributed by atoms with E-state index in [2.05, 4.69) is 34.4 Å². The quantitative estimate of drug-likeness (QED) is 0.773. The first-order valence-corrected chi connectivity index (χ1v) is 6.50. The predicted molar refractivity (Wildman–Crippen MR) is 77.3 cm³/mol. The summed E-state index contributed by atoms with van der Waals surface area (Å²) in [5.41, 5.74) is 0. The van der Waals surface area contributed by atoms with Gasteiger partial charge in [0, 0.05) is 39.8 Å². The maximum absolute atomic E-state index is 11.5. The zero-order valence-electron chi connectivity index (χ0n) is 12.1. The number of hydrogen-bond donors (Lipinski definition) is 2. The molecule has 0 atom stereocenters. The van der Waals surface area contributed by atoms with Gasteiger partial charge < -0.3 is 15.5 Å². The van der Waals surface area contributed by atoms with Crippen LogP contribution >= 0.6 is 0 Å². The average Bonchev–Trinajstić information content (AvgIpc) is 2.36. The van der Waals surface area contributed by atoms with E-state index in [1.165, 1.54) is 0 Å². The molecule has 0 spiro atoms. The van der Waals surface area contributed by atoms with Crippen molar-refractivity contribution >= 4 is 17.7 Å². The molecule has 0 bridgehead atoms. The predicted octanol–water partition coefficient (Wildman–Crippen LogP) is 1.12. The van der Waals surface area contributed by atoms with Crippen molar-refractivity contribution < 1.29 is 4.79 Å². The van der Waals surface area contributed by atoms with Gasteiger partial charge in [-0.3, -0.25) is 4.79 Å². The van der Waals surface area contributed by atoms with Gasteiger partial charge in [-0.15, -0.1) is 0 Å². The van der Waals surface area contributed by atoms with Crippen LogP contribution in [0.1, 0.15) is 20.3 Å². The molecule has 0 aliphatic carbocycles. The molecule has 2 N–H and O–H groups in total. The number of nitrogens with one attached hydrogen (secondary N) is 2. The van der Waals surface area contributed by atoms with Crippen LogP contribution in [0.2, 0.25) is 0 Å². The monoisotopic (exact) mass is 265 g/mol. The second-order valence-electron chi connectivity index (χ2n) is 5.01. The van der Waals surface area contributed by atoms with Crippen molar-refractivity contribution in [3.8, 4) is 0 Å². The summed E-state index contributed by atoms with van der Waals surface area (Å²) in [7, 11) is 3.77. The van der Waals surface area contributed by atoms with Crippen LogP contribution in [0.4, 0.5) is 11.8 Å². The molecular weight excluding hydrogens is 242 g/mol. The zero-order chi connectivity index (χ0) is 14.3. The van der Waals surface area contributed by atoms with Gasteiger partial charge >= 0.3 is 0 Å². The van der Waals surface area contributed by atoms with Gasteiger partial charge in [-0.1, -0.05) is 13.8 Å². The molecule has 0 aromatic carbocycles. The second-order valence-corrected chi connectivity index (χ2v) is 5.01. The van der Waals surface area contributed by atoms with Gasteiger partial charge in [-0.2, -0.15) is 4.98 Å². The first-order valence-electron chi connectivity index (χ1n) is 6.50. The van der Waals surface area contributed by atoms with E-state index in [1.807, 2.05) is 19.0 Å². The summed E-state index contributed by atoms with van der Waals surface area (Å²) in [4.78, 5) is 21.8. The first kappa shape index (κ1) is 15.2. The van der Waals surface area contributed by atoms with Crippen molar-refractivity contribution in [3.05, 3.63) is 12.3 Å². The summed E-state index contributed by atoms with van der Waals surface area (Å²) in [5.74, 6) is 1.91. The van der Waals surface area contributed by atoms with E-state index in [1.54, 1.807) is 12.3 Å². The molecule has 1 amide bonds. The maximum atomic E-state index is 11.5. The van der Waals surface area contributed by atoms with E-state index in [-0.39, 0.29) is 5.91 Å². The molecule has 0 saturated carbocycles. The van der Waals surface area contributed by atoms with Gasteiger partial charge in [0.2, 0.25) is 11.9 Å². The molecule has 1 aromatic heterocycles. The summed E-state index contributed by atoms with van der Waals surface area (Å²) in [5, 5.41) is 6.00. The van der Waals surface area contributed by atoms with Crippen molar-refractivity contribution in [1.82, 2.24) is 15.3 Å². The first-order chi connectivity index (χ1) is 8.99. The van der Waals surface area contributed by atoms with E-state index in [9.17, 15) is 4.79 Å². The Bertz CT molecular complexity index is 406. The summed E-state index contributed by atoms with van der Waals surface area (Å²) in [6.45, 7) is 5.43. The van der Waals surface area contributed by atoms with Gasteiger partial charge in [0.05, 0.1) is 0 Å². The minimum absolute atomic E-state index is 0.0584. The van der Waals surface area contributed by atoms with Crippen LogP contribution in [0.3, 0.4) is 0 Å². The highest BCUT2D eigenvalue weighted by molar-refractivity contribution is 5.76. The molecule has 6 heteroatoms. The third-order valence-corrected chi connectivity index (χ3v) is 2.41. The molecule has 6 nitrogen and oxygen atoms in total. The standard InChI is InChI=1S/C13H23N5O/c1-10(2)9-16-12(19)6-8-14-11-5-7-15-13(17-11)18(3)4/h5,7,10H,6,8-9H2,1-4H3,(H,16,19)(H,14,15,17). The number of carbonyl (C=O) groups excluding carboxylic acids is 1. The Kier molecular flexibility index (Phi) is 6.05. The second kappa shape index (κ2) is 7.56. The smallest absolute Gasteiger partial charge is 0.226 e. The van der Waals surface area contributed by atoms with Gasteiger partial charge in [0.15, 0.2) is 0 Å². The Labute approximate surface area is 114 Å². The van der Waals surface area contributed by atoms with Crippen molar-refractivity contribution in [3.63, 3.8) is 0 Å². The highest BCUT2D eigenvalue weighted by Crippen LogP contribution is 2.07. The fourth-order valence-corrected chi connectivity index (χ4v) is 1.37. The van der Waals surface area contributed by atoms with Crippen molar-refractivity contribution in [2.75, 3.05) is 37.4 Å². The minimum atomic E-state index is 0.0584. The molecule has 19 heavy (non-hydrogen) atoms. The van der Waals surface area contributed by atoms with Crippen LogP contribution in [0.5, 0.6) is 0 Å². The Morgan fingerprint density at radius 2 is 2.16 bits per heavy atom. The topological polar surface area (TPSA) is 70.2 Å². The summed E-state index contributed by atoms with van der Waals surface area (Å²) < 4.78 is 0. The van der Waals surface area contributed by atoms with E-state index in [0.717, 1.165) is 12.4 Å².